The number of rotatable bonds is 11. The largest absolute Gasteiger partial charge is 0.480 e. The van der Waals surface area contributed by atoms with E-state index in [2.05, 4.69) is 30.9 Å². The van der Waals surface area contributed by atoms with E-state index in [1.165, 1.54) is 0 Å². The number of hydrogen-bond acceptors (Lipinski definition) is 9. The molecule has 4 N–H and O–H groups in total. The summed E-state index contributed by atoms with van der Waals surface area (Å²) in [6.45, 7) is 3.47. The summed E-state index contributed by atoms with van der Waals surface area (Å²) in [5.74, 6) is -0.0819. The Bertz CT molecular complexity index is 1800. The summed E-state index contributed by atoms with van der Waals surface area (Å²) in [6, 6.07) is 12.7. The molecule has 0 fully saturated rings. The zero-order valence-corrected chi connectivity index (χ0v) is 24.8. The Balaban J connectivity index is 1.34. The predicted molar refractivity (Wildman–Crippen MR) is 166 cm³/mol. The van der Waals surface area contributed by atoms with Crippen LogP contribution in [0.5, 0.6) is 0 Å². The van der Waals surface area contributed by atoms with Crippen LogP contribution in [-0.2, 0) is 26.2 Å². The number of sulfonamides is 1. The van der Waals surface area contributed by atoms with Crippen molar-refractivity contribution in [1.82, 2.24) is 25.2 Å². The fourth-order valence-electron chi connectivity index (χ4n) is 5.15. The molecule has 1 aliphatic heterocycles. The van der Waals surface area contributed by atoms with Crippen LogP contribution in [0.3, 0.4) is 0 Å². The van der Waals surface area contributed by atoms with Gasteiger partial charge in [0.05, 0.1) is 17.3 Å². The molecule has 0 spiro atoms. The van der Waals surface area contributed by atoms with E-state index < -0.39 is 22.0 Å². The van der Waals surface area contributed by atoms with Gasteiger partial charge in [-0.05, 0) is 37.3 Å². The number of fused-ring (bicyclic) bond motifs is 2. The molecule has 0 radical (unpaired) electrons. The van der Waals surface area contributed by atoms with Crippen molar-refractivity contribution in [2.24, 2.45) is 4.99 Å². The molecule has 1 atom stereocenters. The maximum Gasteiger partial charge on any atom is 0.329 e. The van der Waals surface area contributed by atoms with E-state index in [-0.39, 0.29) is 18.1 Å². The van der Waals surface area contributed by atoms with Crippen molar-refractivity contribution in [2.45, 2.75) is 38.8 Å². The number of nitrogens with zero attached hydrogens (tertiary/aromatic N) is 5. The fraction of sp³-hybridized carbons (Fsp3) is 0.345. The third-order valence-corrected chi connectivity index (χ3v) is 8.25. The fourth-order valence-corrected chi connectivity index (χ4v) is 6.30. The molecule has 1 aliphatic rings. The van der Waals surface area contributed by atoms with Crippen LogP contribution in [0.1, 0.15) is 25.1 Å². The molecule has 226 valence electrons. The molecule has 5 rings (SSSR count). The number of benzene rings is 2. The van der Waals surface area contributed by atoms with Crippen LogP contribution in [0.4, 0.5) is 11.5 Å². The number of aryl methyl sites for hydroxylation is 2. The molecule has 0 saturated carbocycles. The summed E-state index contributed by atoms with van der Waals surface area (Å²) in [6.07, 6.45) is 4.63. The summed E-state index contributed by atoms with van der Waals surface area (Å²) < 4.78 is 28.9. The molecular formula is C29H34N8O5S. The van der Waals surface area contributed by atoms with Crippen molar-refractivity contribution >= 4 is 61.2 Å². The minimum Gasteiger partial charge on any atom is -0.480 e. The highest BCUT2D eigenvalue weighted by atomic mass is 32.2. The zero-order valence-electron chi connectivity index (χ0n) is 23.9. The highest BCUT2D eigenvalue weighted by Crippen LogP contribution is 2.31. The van der Waals surface area contributed by atoms with Gasteiger partial charge >= 0.3 is 5.97 Å². The second-order valence-corrected chi connectivity index (χ2v) is 12.2. The number of carbonyl (C=O) groups is 2. The average molecular weight is 607 g/mol. The van der Waals surface area contributed by atoms with Crippen LogP contribution in [0.2, 0.25) is 0 Å². The van der Waals surface area contributed by atoms with Gasteiger partial charge in [-0.3, -0.25) is 19.4 Å². The Morgan fingerprint density at radius 1 is 1.12 bits per heavy atom. The van der Waals surface area contributed by atoms with E-state index in [9.17, 15) is 23.1 Å². The Labute approximate surface area is 249 Å². The summed E-state index contributed by atoms with van der Waals surface area (Å²) in [5, 5.41) is 21.2. The van der Waals surface area contributed by atoms with Crippen LogP contribution in [-0.4, -0.2) is 77.8 Å². The van der Waals surface area contributed by atoms with Gasteiger partial charge in [0.25, 0.3) is 0 Å². The van der Waals surface area contributed by atoms with Gasteiger partial charge in [0.15, 0.2) is 12.0 Å². The van der Waals surface area contributed by atoms with Gasteiger partial charge in [-0.2, -0.15) is 0 Å². The lowest BCUT2D eigenvalue weighted by Gasteiger charge is -2.30. The second kappa shape index (κ2) is 12.7. The quantitative estimate of drug-likeness (QED) is 0.200. The summed E-state index contributed by atoms with van der Waals surface area (Å²) in [5.41, 5.74) is 0.898. The van der Waals surface area contributed by atoms with Gasteiger partial charge in [0, 0.05) is 44.2 Å². The SMILES string of the molecule is Cc1nc(NCC(C(=O)O)N(c2cccc3ccccc23)S(C)(=O)=O)c2ccn(CCCC(=O)NC3=NCCCN3)c2n1. The first-order valence-electron chi connectivity index (χ1n) is 14.0. The van der Waals surface area contributed by atoms with Crippen LogP contribution >= 0.6 is 0 Å². The van der Waals surface area contributed by atoms with Crippen LogP contribution < -0.4 is 20.3 Å². The maximum atomic E-state index is 13.0. The minimum atomic E-state index is -4.00. The van der Waals surface area contributed by atoms with Crippen molar-refractivity contribution in [2.75, 3.05) is 35.5 Å². The van der Waals surface area contributed by atoms with Gasteiger partial charge in [-0.1, -0.05) is 36.4 Å². The molecule has 2 aromatic carbocycles. The van der Waals surface area contributed by atoms with Crippen molar-refractivity contribution in [3.63, 3.8) is 0 Å². The van der Waals surface area contributed by atoms with Crippen molar-refractivity contribution in [1.29, 1.82) is 0 Å². The Hall–Kier alpha value is -4.72. The van der Waals surface area contributed by atoms with E-state index in [1.54, 1.807) is 31.2 Å². The normalized spacial score (nSPS) is 14.1. The van der Waals surface area contributed by atoms with Crippen LogP contribution in [0.25, 0.3) is 21.8 Å². The number of hydrogen-bond donors (Lipinski definition) is 4. The topological polar surface area (TPSA) is 171 Å². The number of aromatic nitrogens is 3. The number of carbonyl (C=O) groups excluding carboxylic acids is 1. The number of carboxylic acids is 1. The first kappa shape index (κ1) is 29.8. The molecule has 13 nitrogen and oxygen atoms in total. The first-order chi connectivity index (χ1) is 20.6. The lowest BCUT2D eigenvalue weighted by molar-refractivity contribution is -0.138. The molecule has 1 amide bonds. The Morgan fingerprint density at radius 3 is 2.65 bits per heavy atom. The molecule has 1 unspecified atom stereocenters. The van der Waals surface area contributed by atoms with Crippen molar-refractivity contribution in [3.8, 4) is 0 Å². The molecule has 0 saturated heterocycles. The predicted octanol–water partition coefficient (Wildman–Crippen LogP) is 2.47. The number of nitrogens with one attached hydrogen (secondary N) is 3. The lowest BCUT2D eigenvalue weighted by atomic mass is 10.1. The van der Waals surface area contributed by atoms with E-state index in [1.807, 2.05) is 35.0 Å². The maximum absolute atomic E-state index is 13.0. The molecule has 3 heterocycles. The lowest BCUT2D eigenvalue weighted by Crippen LogP contribution is -2.49. The zero-order chi connectivity index (χ0) is 30.6. The monoisotopic (exact) mass is 606 g/mol. The third kappa shape index (κ3) is 6.85. The van der Waals surface area contributed by atoms with Gasteiger partial charge in [-0.25, -0.2) is 23.2 Å². The molecule has 2 aromatic heterocycles. The van der Waals surface area contributed by atoms with Gasteiger partial charge in [0.1, 0.15) is 17.3 Å². The van der Waals surface area contributed by atoms with E-state index in [0.717, 1.165) is 28.9 Å². The highest BCUT2D eigenvalue weighted by molar-refractivity contribution is 7.92. The molecule has 4 aromatic rings. The van der Waals surface area contributed by atoms with Crippen LogP contribution in [0.15, 0.2) is 59.7 Å². The molecular weight excluding hydrogens is 572 g/mol. The minimum absolute atomic E-state index is 0.126. The molecule has 14 heteroatoms. The second-order valence-electron chi connectivity index (χ2n) is 10.3. The summed E-state index contributed by atoms with van der Waals surface area (Å²) >= 11 is 0. The number of guanidine groups is 1. The average Bonchev–Trinajstić information content (AvgIpc) is 3.37. The van der Waals surface area contributed by atoms with Crippen LogP contribution in [0, 0.1) is 6.92 Å². The number of carboxylic acid groups (broad SMARTS) is 1. The van der Waals surface area contributed by atoms with Gasteiger partial charge in [-0.15, -0.1) is 0 Å². The van der Waals surface area contributed by atoms with E-state index in [0.29, 0.717) is 60.0 Å². The number of aliphatic carboxylic acids is 1. The van der Waals surface area contributed by atoms with Gasteiger partial charge < -0.3 is 20.3 Å². The number of anilines is 2. The summed E-state index contributed by atoms with van der Waals surface area (Å²) in [7, 11) is -4.00. The molecule has 0 aliphatic carbocycles. The third-order valence-electron chi connectivity index (χ3n) is 7.08. The van der Waals surface area contributed by atoms with E-state index in [4.69, 9.17) is 0 Å². The summed E-state index contributed by atoms with van der Waals surface area (Å²) in [4.78, 5) is 38.2. The number of amides is 1. The first-order valence-corrected chi connectivity index (χ1v) is 15.8. The highest BCUT2D eigenvalue weighted by Gasteiger charge is 2.34. The standard InChI is InChI=1S/C29H34N8O5S/c1-19-33-26(22-13-17-36(27(22)34-19)16-6-12-25(38)35-29-30-14-7-15-31-29)32-18-24(28(39)40)37(43(2,41)42)23-11-5-9-20-8-3-4-10-21(20)23/h3-5,8-11,13,17,24H,6-7,12,14-16,18H2,1-2H3,(H,39,40)(H,32,33,34)(H2,30,31,35,38). The Morgan fingerprint density at radius 2 is 1.91 bits per heavy atom. The van der Waals surface area contributed by atoms with Crippen molar-refractivity contribution in [3.05, 3.63) is 60.6 Å². The molecule has 43 heavy (non-hydrogen) atoms. The van der Waals surface area contributed by atoms with Gasteiger partial charge in [0.2, 0.25) is 15.9 Å². The molecule has 0 bridgehead atoms. The van der Waals surface area contributed by atoms with E-state index >= 15 is 0 Å². The van der Waals surface area contributed by atoms with Crippen molar-refractivity contribution < 1.29 is 23.1 Å². The Kier molecular flexibility index (Phi) is 8.76. The smallest absolute Gasteiger partial charge is 0.329 e. The number of aliphatic imine (C=N–C) groups is 1.